The number of methoxy groups -OCH3 is 1. The Balaban J connectivity index is 1.47. The molecule has 188 valence electrons. The van der Waals surface area contributed by atoms with Gasteiger partial charge in [0.25, 0.3) is 0 Å². The molecule has 0 radical (unpaired) electrons. The predicted molar refractivity (Wildman–Crippen MR) is 137 cm³/mol. The van der Waals surface area contributed by atoms with Gasteiger partial charge in [-0.3, -0.25) is 0 Å². The van der Waals surface area contributed by atoms with Crippen LogP contribution in [-0.2, 0) is 17.7 Å². The molecule has 2 amide bonds. The predicted octanol–water partition coefficient (Wildman–Crippen LogP) is 2.48. The summed E-state index contributed by atoms with van der Waals surface area (Å²) in [4.78, 5) is 35.2. The zero-order valence-electron chi connectivity index (χ0n) is 20.5. The van der Waals surface area contributed by atoms with Crippen LogP contribution in [0.25, 0.3) is 11.4 Å². The topological polar surface area (TPSA) is 118 Å². The van der Waals surface area contributed by atoms with Crippen LogP contribution >= 0.6 is 0 Å². The van der Waals surface area contributed by atoms with Gasteiger partial charge in [-0.15, -0.1) is 0 Å². The number of morpholine rings is 1. The third-order valence-electron chi connectivity index (χ3n) is 6.20. The number of aromatic nitrogens is 4. The van der Waals surface area contributed by atoms with Gasteiger partial charge in [0.1, 0.15) is 5.82 Å². The van der Waals surface area contributed by atoms with E-state index in [1.165, 1.54) is 0 Å². The number of hydrogen-bond donors (Lipinski definition) is 2. The molecule has 0 spiro atoms. The molecule has 1 fully saturated rings. The largest absolute Gasteiger partial charge is 0.481 e. The van der Waals surface area contributed by atoms with Crippen molar-refractivity contribution in [3.05, 3.63) is 47.8 Å². The van der Waals surface area contributed by atoms with Crippen LogP contribution in [0.1, 0.15) is 18.2 Å². The van der Waals surface area contributed by atoms with Crippen LogP contribution in [0.2, 0.25) is 0 Å². The number of ether oxygens (including phenoxy) is 2. The highest BCUT2D eigenvalue weighted by Crippen LogP contribution is 2.31. The monoisotopic (exact) mass is 490 g/mol. The molecule has 36 heavy (non-hydrogen) atoms. The first kappa shape index (κ1) is 23.7. The van der Waals surface area contributed by atoms with Gasteiger partial charge in [-0.2, -0.15) is 4.98 Å². The standard InChI is InChI=1S/C25H30N8O3/c1-3-26-25(34)28-18-6-4-17(5-7-18)22-29-20-16-33(24-27-10-8-21(30-24)35-2)11-9-19(20)23(31-22)32-12-14-36-15-13-32/h4-8,10H,3,9,11-16H2,1-2H3,(H2,26,28,34). The van der Waals surface area contributed by atoms with Crippen LogP contribution in [0.3, 0.4) is 0 Å². The van der Waals surface area contributed by atoms with Crippen LogP contribution in [0, 0.1) is 0 Å². The minimum absolute atomic E-state index is 0.232. The second-order valence-corrected chi connectivity index (χ2v) is 8.53. The summed E-state index contributed by atoms with van der Waals surface area (Å²) in [6.07, 6.45) is 2.50. The molecule has 2 aromatic heterocycles. The molecule has 1 aromatic carbocycles. The molecule has 4 heterocycles. The van der Waals surface area contributed by atoms with E-state index in [-0.39, 0.29) is 6.03 Å². The number of carbonyl (C=O) groups is 1. The summed E-state index contributed by atoms with van der Waals surface area (Å²) in [5.41, 5.74) is 3.71. The summed E-state index contributed by atoms with van der Waals surface area (Å²) in [7, 11) is 1.60. The molecule has 0 aliphatic carbocycles. The number of nitrogens with one attached hydrogen (secondary N) is 2. The molecule has 11 heteroatoms. The number of hydrogen-bond acceptors (Lipinski definition) is 9. The fraction of sp³-hybridized carbons (Fsp3) is 0.400. The molecule has 0 saturated carbocycles. The van der Waals surface area contributed by atoms with Crippen molar-refractivity contribution in [1.82, 2.24) is 25.3 Å². The SMILES string of the molecule is CCNC(=O)Nc1ccc(-c2nc3c(c(N4CCOCC4)n2)CCN(c2nccc(OC)n2)C3)cc1. The van der Waals surface area contributed by atoms with E-state index in [4.69, 9.17) is 19.4 Å². The van der Waals surface area contributed by atoms with E-state index in [0.29, 0.717) is 49.6 Å². The number of fused-ring (bicyclic) bond motifs is 1. The smallest absolute Gasteiger partial charge is 0.319 e. The first-order valence-electron chi connectivity index (χ1n) is 12.1. The Morgan fingerprint density at radius 1 is 1.06 bits per heavy atom. The van der Waals surface area contributed by atoms with Crippen molar-refractivity contribution in [2.24, 2.45) is 0 Å². The average Bonchev–Trinajstić information content (AvgIpc) is 2.93. The molecular weight excluding hydrogens is 460 g/mol. The average molecular weight is 491 g/mol. The first-order valence-corrected chi connectivity index (χ1v) is 12.1. The summed E-state index contributed by atoms with van der Waals surface area (Å²) in [6, 6.07) is 9.08. The van der Waals surface area contributed by atoms with Crippen molar-refractivity contribution >= 4 is 23.5 Å². The van der Waals surface area contributed by atoms with Gasteiger partial charge < -0.3 is 29.9 Å². The van der Waals surface area contributed by atoms with Crippen molar-refractivity contribution < 1.29 is 14.3 Å². The van der Waals surface area contributed by atoms with Crippen molar-refractivity contribution in [1.29, 1.82) is 0 Å². The number of rotatable bonds is 6. The van der Waals surface area contributed by atoms with E-state index in [1.807, 2.05) is 31.2 Å². The molecule has 3 aromatic rings. The molecule has 0 unspecified atom stereocenters. The summed E-state index contributed by atoms with van der Waals surface area (Å²) >= 11 is 0. The van der Waals surface area contributed by atoms with Gasteiger partial charge in [0.05, 0.1) is 32.6 Å². The highest BCUT2D eigenvalue weighted by Gasteiger charge is 2.27. The maximum Gasteiger partial charge on any atom is 0.319 e. The third-order valence-corrected chi connectivity index (χ3v) is 6.20. The molecule has 2 aliphatic rings. The third kappa shape index (κ3) is 5.15. The zero-order valence-corrected chi connectivity index (χ0v) is 20.5. The summed E-state index contributed by atoms with van der Waals surface area (Å²) in [5.74, 6) is 2.76. The molecule has 11 nitrogen and oxygen atoms in total. The van der Waals surface area contributed by atoms with E-state index in [2.05, 4.69) is 30.4 Å². The van der Waals surface area contributed by atoms with Crippen LogP contribution in [-0.4, -0.2) is 72.5 Å². The molecular formula is C25H30N8O3. The molecule has 2 aliphatic heterocycles. The van der Waals surface area contributed by atoms with Crippen molar-refractivity contribution in [3.63, 3.8) is 0 Å². The lowest BCUT2D eigenvalue weighted by atomic mass is 10.0. The highest BCUT2D eigenvalue weighted by molar-refractivity contribution is 5.89. The Labute approximate surface area is 209 Å². The minimum atomic E-state index is -0.232. The van der Waals surface area contributed by atoms with Crippen LogP contribution in [0.5, 0.6) is 5.88 Å². The van der Waals surface area contributed by atoms with Gasteiger partial charge in [0, 0.05) is 55.3 Å². The van der Waals surface area contributed by atoms with E-state index < -0.39 is 0 Å². The lowest BCUT2D eigenvalue weighted by molar-refractivity contribution is 0.122. The molecule has 1 saturated heterocycles. The number of anilines is 3. The van der Waals surface area contributed by atoms with E-state index in [0.717, 1.165) is 48.7 Å². The van der Waals surface area contributed by atoms with Crippen LogP contribution in [0.15, 0.2) is 36.5 Å². The number of amides is 2. The van der Waals surface area contributed by atoms with Gasteiger partial charge in [-0.05, 0) is 37.6 Å². The molecule has 5 rings (SSSR count). The van der Waals surface area contributed by atoms with Crippen molar-refractivity contribution in [2.75, 3.05) is 61.6 Å². The van der Waals surface area contributed by atoms with E-state index in [1.54, 1.807) is 19.4 Å². The molecule has 0 bridgehead atoms. The number of urea groups is 1. The zero-order chi connectivity index (χ0) is 24.9. The molecule has 2 N–H and O–H groups in total. The lowest BCUT2D eigenvalue weighted by Crippen LogP contribution is -2.40. The first-order chi connectivity index (χ1) is 17.6. The van der Waals surface area contributed by atoms with E-state index >= 15 is 0 Å². The normalized spacial score (nSPS) is 15.3. The highest BCUT2D eigenvalue weighted by atomic mass is 16.5. The van der Waals surface area contributed by atoms with Gasteiger partial charge in [0.2, 0.25) is 11.8 Å². The van der Waals surface area contributed by atoms with Gasteiger partial charge in [-0.1, -0.05) is 0 Å². The fourth-order valence-electron chi connectivity index (χ4n) is 4.38. The van der Waals surface area contributed by atoms with Gasteiger partial charge >= 0.3 is 6.03 Å². The van der Waals surface area contributed by atoms with Gasteiger partial charge in [-0.25, -0.2) is 19.7 Å². The maximum absolute atomic E-state index is 11.9. The number of carbonyl (C=O) groups excluding carboxylic acids is 1. The van der Waals surface area contributed by atoms with Gasteiger partial charge in [0.15, 0.2) is 5.82 Å². The summed E-state index contributed by atoms with van der Waals surface area (Å²) < 4.78 is 10.9. The van der Waals surface area contributed by atoms with Crippen molar-refractivity contribution in [3.8, 4) is 17.3 Å². The molecule has 0 atom stereocenters. The minimum Gasteiger partial charge on any atom is -0.481 e. The second kappa shape index (κ2) is 10.7. The Bertz CT molecular complexity index is 1210. The van der Waals surface area contributed by atoms with E-state index in [9.17, 15) is 4.79 Å². The fourth-order valence-corrected chi connectivity index (χ4v) is 4.38. The lowest BCUT2D eigenvalue weighted by Gasteiger charge is -2.34. The summed E-state index contributed by atoms with van der Waals surface area (Å²) in [6.45, 7) is 6.73. The Kier molecular flexibility index (Phi) is 7.08. The summed E-state index contributed by atoms with van der Waals surface area (Å²) in [5, 5.41) is 5.55. The second-order valence-electron chi connectivity index (χ2n) is 8.53. The van der Waals surface area contributed by atoms with Crippen LogP contribution in [0.4, 0.5) is 22.2 Å². The van der Waals surface area contributed by atoms with Crippen molar-refractivity contribution in [2.45, 2.75) is 19.9 Å². The Morgan fingerprint density at radius 2 is 1.86 bits per heavy atom. The quantitative estimate of drug-likeness (QED) is 0.537. The van der Waals surface area contributed by atoms with Crippen LogP contribution < -0.4 is 25.2 Å². The number of benzene rings is 1. The maximum atomic E-state index is 11.9. The Morgan fingerprint density at radius 3 is 2.61 bits per heavy atom. The Hall–Kier alpha value is -3.99. The number of nitrogens with zero attached hydrogens (tertiary/aromatic N) is 6.